The summed E-state index contributed by atoms with van der Waals surface area (Å²) in [6.45, 7) is 0. The predicted octanol–water partition coefficient (Wildman–Crippen LogP) is 3.79. The maximum absolute atomic E-state index is 13.2. The Labute approximate surface area is 87.7 Å². The molecule has 0 fully saturated rings. The van der Waals surface area contributed by atoms with Crippen molar-refractivity contribution in [2.75, 3.05) is 0 Å². The van der Waals surface area contributed by atoms with Gasteiger partial charge >= 0.3 is 0 Å². The molecule has 0 aliphatic heterocycles. The normalized spacial score (nSPS) is 10.7. The fourth-order valence-electron chi connectivity index (χ4n) is 1.13. The van der Waals surface area contributed by atoms with Crippen LogP contribution in [-0.4, -0.2) is 4.98 Å². The molecule has 0 bridgehead atoms. The van der Waals surface area contributed by atoms with E-state index in [1.807, 2.05) is 0 Å². The molecular weight excluding hydrogens is 256 g/mol. The highest BCUT2D eigenvalue weighted by atomic mass is 79.9. The molecule has 1 heterocycles. The van der Waals surface area contributed by atoms with Crippen molar-refractivity contribution in [1.82, 2.24) is 4.98 Å². The third kappa shape index (κ3) is 1.54. The van der Waals surface area contributed by atoms with Crippen LogP contribution < -0.4 is 0 Å². The van der Waals surface area contributed by atoms with E-state index in [1.54, 1.807) is 12.1 Å². The second-order valence-corrected chi connectivity index (χ2v) is 3.78. The second-order valence-electron chi connectivity index (χ2n) is 2.56. The maximum Gasteiger partial charge on any atom is 0.132 e. The van der Waals surface area contributed by atoms with Gasteiger partial charge in [0, 0.05) is 5.39 Å². The van der Waals surface area contributed by atoms with Gasteiger partial charge in [-0.2, -0.15) is 0 Å². The fraction of sp³-hybridized carbons (Fsp3) is 0. The minimum Gasteiger partial charge on any atom is -0.239 e. The summed E-state index contributed by atoms with van der Waals surface area (Å²) in [4.78, 5) is 4.08. The smallest absolute Gasteiger partial charge is 0.132 e. The standard InChI is InChI=1S/C9H4BrClFN/c10-8-4-1-5-7(12)3-2-6(11)9(5)13-8/h1-4H. The van der Waals surface area contributed by atoms with Crippen molar-refractivity contribution in [3.8, 4) is 0 Å². The maximum atomic E-state index is 13.2. The summed E-state index contributed by atoms with van der Waals surface area (Å²) in [6, 6.07) is 6.16. The molecule has 2 rings (SSSR count). The molecule has 13 heavy (non-hydrogen) atoms. The first-order valence-corrected chi connectivity index (χ1v) is 4.76. The monoisotopic (exact) mass is 259 g/mol. The molecule has 0 unspecified atom stereocenters. The van der Waals surface area contributed by atoms with Crippen molar-refractivity contribution in [3.63, 3.8) is 0 Å². The van der Waals surface area contributed by atoms with Crippen LogP contribution in [0.3, 0.4) is 0 Å². The van der Waals surface area contributed by atoms with Gasteiger partial charge in [0.2, 0.25) is 0 Å². The Hall–Kier alpha value is -0.670. The van der Waals surface area contributed by atoms with E-state index < -0.39 is 0 Å². The Kier molecular flexibility index (Phi) is 2.22. The summed E-state index contributed by atoms with van der Waals surface area (Å²) < 4.78 is 13.8. The summed E-state index contributed by atoms with van der Waals surface area (Å²) in [7, 11) is 0. The molecule has 2 aromatic rings. The molecule has 0 amide bonds. The summed E-state index contributed by atoms with van der Waals surface area (Å²) >= 11 is 9.05. The number of hydrogen-bond acceptors (Lipinski definition) is 1. The quantitative estimate of drug-likeness (QED) is 0.657. The summed E-state index contributed by atoms with van der Waals surface area (Å²) in [6.07, 6.45) is 0. The van der Waals surface area contributed by atoms with Crippen molar-refractivity contribution in [1.29, 1.82) is 0 Å². The lowest BCUT2D eigenvalue weighted by Gasteiger charge is -2.00. The van der Waals surface area contributed by atoms with Crippen molar-refractivity contribution >= 4 is 38.4 Å². The molecule has 0 saturated heterocycles. The van der Waals surface area contributed by atoms with Crippen LogP contribution in [0.5, 0.6) is 0 Å². The largest absolute Gasteiger partial charge is 0.239 e. The average molecular weight is 260 g/mol. The Morgan fingerprint density at radius 2 is 2.00 bits per heavy atom. The zero-order chi connectivity index (χ0) is 9.42. The van der Waals surface area contributed by atoms with Crippen LogP contribution in [0.4, 0.5) is 4.39 Å². The van der Waals surface area contributed by atoms with E-state index in [4.69, 9.17) is 11.6 Å². The van der Waals surface area contributed by atoms with Gasteiger partial charge in [-0.25, -0.2) is 9.37 Å². The highest BCUT2D eigenvalue weighted by Crippen LogP contribution is 2.25. The van der Waals surface area contributed by atoms with Gasteiger partial charge in [0.25, 0.3) is 0 Å². The van der Waals surface area contributed by atoms with Crippen LogP contribution in [-0.2, 0) is 0 Å². The summed E-state index contributed by atoms with van der Waals surface area (Å²) in [5, 5.41) is 0.897. The molecule has 1 aromatic heterocycles. The summed E-state index contributed by atoms with van der Waals surface area (Å²) in [5.41, 5.74) is 0.482. The lowest BCUT2D eigenvalue weighted by atomic mass is 10.2. The average Bonchev–Trinajstić information content (AvgIpc) is 2.12. The van der Waals surface area contributed by atoms with Gasteiger partial charge in [0.15, 0.2) is 0 Å². The Bertz CT molecular complexity index is 472. The van der Waals surface area contributed by atoms with Crippen LogP contribution in [0.2, 0.25) is 5.02 Å². The first-order valence-electron chi connectivity index (χ1n) is 3.59. The number of halogens is 3. The van der Waals surface area contributed by atoms with Gasteiger partial charge in [0.05, 0.1) is 10.5 Å². The van der Waals surface area contributed by atoms with Gasteiger partial charge in [-0.3, -0.25) is 0 Å². The van der Waals surface area contributed by atoms with E-state index >= 15 is 0 Å². The number of nitrogens with zero attached hydrogens (tertiary/aromatic N) is 1. The minimum atomic E-state index is -0.306. The van der Waals surface area contributed by atoms with Crippen molar-refractivity contribution in [2.24, 2.45) is 0 Å². The first kappa shape index (κ1) is 8.91. The number of hydrogen-bond donors (Lipinski definition) is 0. The molecular formula is C9H4BrClFN. The van der Waals surface area contributed by atoms with Crippen LogP contribution in [0, 0.1) is 5.82 Å². The minimum absolute atomic E-state index is 0.306. The number of aromatic nitrogens is 1. The van der Waals surface area contributed by atoms with E-state index in [1.165, 1.54) is 12.1 Å². The van der Waals surface area contributed by atoms with Gasteiger partial charge in [-0.05, 0) is 40.2 Å². The molecule has 0 N–H and O–H groups in total. The lowest BCUT2D eigenvalue weighted by molar-refractivity contribution is 0.639. The number of benzene rings is 1. The highest BCUT2D eigenvalue weighted by molar-refractivity contribution is 9.10. The SMILES string of the molecule is Fc1ccc(Cl)c2nc(Br)ccc12. The molecule has 66 valence electrons. The lowest BCUT2D eigenvalue weighted by Crippen LogP contribution is -1.84. The molecule has 0 atom stereocenters. The first-order chi connectivity index (χ1) is 6.18. The molecule has 0 radical (unpaired) electrons. The van der Waals surface area contributed by atoms with E-state index in [2.05, 4.69) is 20.9 Å². The number of rotatable bonds is 0. The molecule has 1 nitrogen and oxygen atoms in total. The van der Waals surface area contributed by atoms with Gasteiger partial charge in [0.1, 0.15) is 10.4 Å². The van der Waals surface area contributed by atoms with E-state index in [9.17, 15) is 4.39 Å². The Morgan fingerprint density at radius 1 is 1.23 bits per heavy atom. The van der Waals surface area contributed by atoms with Crippen molar-refractivity contribution < 1.29 is 4.39 Å². The van der Waals surface area contributed by atoms with E-state index in [-0.39, 0.29) is 5.82 Å². The van der Waals surface area contributed by atoms with Gasteiger partial charge in [-0.1, -0.05) is 11.6 Å². The van der Waals surface area contributed by atoms with Crippen LogP contribution in [0.25, 0.3) is 10.9 Å². The Balaban J connectivity index is 2.92. The van der Waals surface area contributed by atoms with E-state index in [0.717, 1.165) is 0 Å². The zero-order valence-corrected chi connectivity index (χ0v) is 8.73. The third-order valence-corrected chi connectivity index (χ3v) is 2.47. The van der Waals surface area contributed by atoms with Crippen LogP contribution >= 0.6 is 27.5 Å². The highest BCUT2D eigenvalue weighted by Gasteiger charge is 2.05. The molecule has 0 spiro atoms. The predicted molar refractivity (Wildman–Crippen MR) is 54.4 cm³/mol. The van der Waals surface area contributed by atoms with Gasteiger partial charge < -0.3 is 0 Å². The molecule has 4 heteroatoms. The van der Waals surface area contributed by atoms with E-state index in [0.29, 0.717) is 20.5 Å². The molecule has 0 aliphatic carbocycles. The number of pyridine rings is 1. The summed E-state index contributed by atoms with van der Waals surface area (Å²) in [5.74, 6) is -0.306. The third-order valence-electron chi connectivity index (χ3n) is 1.72. The number of fused-ring (bicyclic) bond motifs is 1. The zero-order valence-electron chi connectivity index (χ0n) is 6.39. The van der Waals surface area contributed by atoms with Crippen LogP contribution in [0.15, 0.2) is 28.9 Å². The van der Waals surface area contributed by atoms with Crippen LogP contribution in [0.1, 0.15) is 0 Å². The van der Waals surface area contributed by atoms with Crippen molar-refractivity contribution in [3.05, 3.63) is 39.7 Å². The van der Waals surface area contributed by atoms with Crippen molar-refractivity contribution in [2.45, 2.75) is 0 Å². The second kappa shape index (κ2) is 3.24. The molecule has 1 aromatic carbocycles. The molecule has 0 saturated carbocycles. The Morgan fingerprint density at radius 3 is 2.77 bits per heavy atom. The topological polar surface area (TPSA) is 12.9 Å². The van der Waals surface area contributed by atoms with Gasteiger partial charge in [-0.15, -0.1) is 0 Å². The fourth-order valence-corrected chi connectivity index (χ4v) is 1.64. The molecule has 0 aliphatic rings.